The first-order valence-corrected chi connectivity index (χ1v) is 9.05. The lowest BCUT2D eigenvalue weighted by Crippen LogP contribution is -2.35. The quantitative estimate of drug-likeness (QED) is 0.602. The molecule has 4 heterocycles. The zero-order valence-electron chi connectivity index (χ0n) is 14.7. The predicted octanol–water partition coefficient (Wildman–Crippen LogP) is 3.59. The van der Waals surface area contributed by atoms with Gasteiger partial charge in [0.15, 0.2) is 5.65 Å². The summed E-state index contributed by atoms with van der Waals surface area (Å²) < 4.78 is 0. The monoisotopic (exact) mass is 344 g/mol. The number of H-pyrrole nitrogens is 1. The van der Waals surface area contributed by atoms with Crippen LogP contribution < -0.4 is 4.90 Å². The van der Waals surface area contributed by atoms with Crippen molar-refractivity contribution in [3.8, 4) is 0 Å². The van der Waals surface area contributed by atoms with Gasteiger partial charge in [0, 0.05) is 31.4 Å². The molecule has 1 aromatic carbocycles. The minimum absolute atomic E-state index is 0.385. The van der Waals surface area contributed by atoms with E-state index in [-0.39, 0.29) is 0 Å². The van der Waals surface area contributed by atoms with E-state index >= 15 is 0 Å². The van der Waals surface area contributed by atoms with Gasteiger partial charge in [-0.25, -0.2) is 15.0 Å². The number of nitrogens with one attached hydrogen (secondary N) is 1. The van der Waals surface area contributed by atoms with E-state index in [0.29, 0.717) is 11.6 Å². The first-order chi connectivity index (χ1) is 12.8. The van der Waals surface area contributed by atoms with Crippen LogP contribution in [0.1, 0.15) is 30.1 Å². The Labute approximate surface area is 151 Å². The summed E-state index contributed by atoms with van der Waals surface area (Å²) in [5.74, 6) is 2.43. The second-order valence-electron chi connectivity index (χ2n) is 7.00. The first-order valence-electron chi connectivity index (χ1n) is 9.05. The van der Waals surface area contributed by atoms with E-state index in [0.717, 1.165) is 54.1 Å². The normalized spacial score (nSPS) is 17.9. The summed E-state index contributed by atoms with van der Waals surface area (Å²) in [6.07, 6.45) is 5.65. The number of imidazole rings is 1. The number of aromatic amines is 1. The average Bonchev–Trinajstić information content (AvgIpc) is 3.11. The van der Waals surface area contributed by atoms with Gasteiger partial charge in [0.25, 0.3) is 0 Å². The summed E-state index contributed by atoms with van der Waals surface area (Å²) in [7, 11) is 0. The molecule has 3 aromatic heterocycles. The van der Waals surface area contributed by atoms with E-state index in [4.69, 9.17) is 9.97 Å². The lowest BCUT2D eigenvalue weighted by molar-refractivity contribution is 0.493. The molecule has 1 aliphatic rings. The molecule has 1 saturated heterocycles. The molecule has 1 aliphatic heterocycles. The van der Waals surface area contributed by atoms with E-state index in [1.165, 1.54) is 5.56 Å². The van der Waals surface area contributed by atoms with Crippen LogP contribution in [-0.2, 0) is 0 Å². The van der Waals surface area contributed by atoms with Gasteiger partial charge in [-0.1, -0.05) is 6.07 Å². The lowest BCUT2D eigenvalue weighted by atomic mass is 9.97. The SMILES string of the molecule is Cc1ccc2nc([C@H]3CCCN(c4ccc5nccnc5n4)C3)[nH]c2c1. The largest absolute Gasteiger partial charge is 0.356 e. The first kappa shape index (κ1) is 15.3. The van der Waals surface area contributed by atoms with E-state index in [1.54, 1.807) is 12.4 Å². The van der Waals surface area contributed by atoms with Crippen molar-refractivity contribution < 1.29 is 0 Å². The fourth-order valence-corrected chi connectivity index (χ4v) is 3.77. The maximum Gasteiger partial charge on any atom is 0.180 e. The smallest absolute Gasteiger partial charge is 0.180 e. The minimum Gasteiger partial charge on any atom is -0.356 e. The number of benzene rings is 1. The highest BCUT2D eigenvalue weighted by molar-refractivity contribution is 5.76. The number of anilines is 1. The Hall–Kier alpha value is -3.02. The van der Waals surface area contributed by atoms with Crippen molar-refractivity contribution in [2.75, 3.05) is 18.0 Å². The highest BCUT2D eigenvalue weighted by Crippen LogP contribution is 2.29. The van der Waals surface area contributed by atoms with Gasteiger partial charge in [0.05, 0.1) is 11.0 Å². The van der Waals surface area contributed by atoms with Crippen molar-refractivity contribution >= 4 is 28.0 Å². The van der Waals surface area contributed by atoms with E-state index in [2.05, 4.69) is 45.0 Å². The zero-order chi connectivity index (χ0) is 17.5. The molecular weight excluding hydrogens is 324 g/mol. The third-order valence-electron chi connectivity index (χ3n) is 5.10. The van der Waals surface area contributed by atoms with Crippen LogP contribution in [0, 0.1) is 6.92 Å². The van der Waals surface area contributed by atoms with Gasteiger partial charge < -0.3 is 9.88 Å². The van der Waals surface area contributed by atoms with Gasteiger partial charge in [0.1, 0.15) is 17.2 Å². The maximum absolute atomic E-state index is 4.83. The number of aryl methyl sites for hydroxylation is 1. The van der Waals surface area contributed by atoms with Gasteiger partial charge in [-0.15, -0.1) is 0 Å². The highest BCUT2D eigenvalue weighted by Gasteiger charge is 2.25. The molecule has 1 fully saturated rings. The topological polar surface area (TPSA) is 70.6 Å². The van der Waals surface area contributed by atoms with E-state index < -0.39 is 0 Å². The molecule has 4 aromatic rings. The van der Waals surface area contributed by atoms with Crippen LogP contribution in [0.3, 0.4) is 0 Å². The number of piperidine rings is 1. The van der Waals surface area contributed by atoms with Gasteiger partial charge in [-0.05, 0) is 49.6 Å². The van der Waals surface area contributed by atoms with Gasteiger partial charge >= 0.3 is 0 Å². The summed E-state index contributed by atoms with van der Waals surface area (Å²) >= 11 is 0. The molecule has 0 spiro atoms. The molecule has 0 amide bonds. The third-order valence-corrected chi connectivity index (χ3v) is 5.10. The van der Waals surface area contributed by atoms with Crippen LogP contribution in [0.5, 0.6) is 0 Å². The molecule has 6 nitrogen and oxygen atoms in total. The molecule has 130 valence electrons. The Bertz CT molecular complexity index is 1090. The Morgan fingerprint density at radius 1 is 1.04 bits per heavy atom. The molecule has 5 rings (SSSR count). The Balaban J connectivity index is 1.44. The van der Waals surface area contributed by atoms with Crippen molar-refractivity contribution in [3.63, 3.8) is 0 Å². The van der Waals surface area contributed by atoms with Gasteiger partial charge in [-0.3, -0.25) is 4.98 Å². The van der Waals surface area contributed by atoms with Crippen molar-refractivity contribution in [1.29, 1.82) is 0 Å². The number of nitrogens with zero attached hydrogens (tertiary/aromatic N) is 5. The number of rotatable bonds is 2. The molecule has 6 heteroatoms. The fraction of sp³-hybridized carbons (Fsp3) is 0.300. The van der Waals surface area contributed by atoms with Crippen LogP contribution >= 0.6 is 0 Å². The molecule has 0 aliphatic carbocycles. The van der Waals surface area contributed by atoms with Crippen LogP contribution in [-0.4, -0.2) is 38.0 Å². The van der Waals surface area contributed by atoms with Crippen LogP contribution in [0.4, 0.5) is 5.82 Å². The standard InChI is InChI=1S/C20H20N6/c1-13-4-5-15-17(11-13)24-19(23-15)14-3-2-10-26(12-14)18-7-6-16-20(25-18)22-9-8-21-16/h4-9,11,14H,2-3,10,12H2,1H3,(H,23,24)/t14-/m0/s1. The molecule has 0 radical (unpaired) electrons. The van der Waals surface area contributed by atoms with Crippen molar-refractivity contribution in [2.45, 2.75) is 25.7 Å². The van der Waals surface area contributed by atoms with Crippen LogP contribution in [0.25, 0.3) is 22.2 Å². The molecule has 0 unspecified atom stereocenters. The molecule has 0 saturated carbocycles. The number of fused-ring (bicyclic) bond motifs is 2. The number of hydrogen-bond acceptors (Lipinski definition) is 5. The summed E-state index contributed by atoms with van der Waals surface area (Å²) in [5, 5.41) is 0. The third kappa shape index (κ3) is 2.67. The second-order valence-corrected chi connectivity index (χ2v) is 7.00. The summed E-state index contributed by atoms with van der Waals surface area (Å²) in [6, 6.07) is 10.4. The Morgan fingerprint density at radius 2 is 1.92 bits per heavy atom. The Kier molecular flexibility index (Phi) is 3.55. The summed E-state index contributed by atoms with van der Waals surface area (Å²) in [6.45, 7) is 4.03. The summed E-state index contributed by atoms with van der Waals surface area (Å²) in [4.78, 5) is 24.0. The van der Waals surface area contributed by atoms with Gasteiger partial charge in [0.2, 0.25) is 0 Å². The summed E-state index contributed by atoms with van der Waals surface area (Å²) in [5.41, 5.74) is 4.95. The average molecular weight is 344 g/mol. The highest BCUT2D eigenvalue weighted by atomic mass is 15.2. The van der Waals surface area contributed by atoms with Gasteiger partial charge in [-0.2, -0.15) is 0 Å². The zero-order valence-corrected chi connectivity index (χ0v) is 14.7. The second kappa shape index (κ2) is 6.05. The van der Waals surface area contributed by atoms with E-state index in [9.17, 15) is 0 Å². The van der Waals surface area contributed by atoms with E-state index in [1.807, 2.05) is 12.1 Å². The molecule has 1 N–H and O–H groups in total. The van der Waals surface area contributed by atoms with Crippen molar-refractivity contribution in [3.05, 3.63) is 54.1 Å². The minimum atomic E-state index is 0.385. The maximum atomic E-state index is 4.83. The van der Waals surface area contributed by atoms with Crippen molar-refractivity contribution in [2.24, 2.45) is 0 Å². The predicted molar refractivity (Wildman–Crippen MR) is 102 cm³/mol. The van der Waals surface area contributed by atoms with Crippen LogP contribution in [0.2, 0.25) is 0 Å². The van der Waals surface area contributed by atoms with Crippen molar-refractivity contribution in [1.82, 2.24) is 24.9 Å². The molecule has 0 bridgehead atoms. The number of pyridine rings is 1. The lowest BCUT2D eigenvalue weighted by Gasteiger charge is -2.32. The van der Waals surface area contributed by atoms with Crippen LogP contribution in [0.15, 0.2) is 42.7 Å². The number of hydrogen-bond donors (Lipinski definition) is 1. The molecular formula is C20H20N6. The Morgan fingerprint density at radius 3 is 2.88 bits per heavy atom. The number of aromatic nitrogens is 5. The molecule has 1 atom stereocenters. The molecule has 26 heavy (non-hydrogen) atoms. The fourth-order valence-electron chi connectivity index (χ4n) is 3.77.